The molecule has 10 heteroatoms. The number of benzene rings is 2. The van der Waals surface area contributed by atoms with E-state index in [0.29, 0.717) is 18.4 Å². The highest BCUT2D eigenvalue weighted by Crippen LogP contribution is 2.32. The van der Waals surface area contributed by atoms with Gasteiger partial charge in [-0.1, -0.05) is 18.2 Å². The summed E-state index contributed by atoms with van der Waals surface area (Å²) in [6, 6.07) is 7.73. The van der Waals surface area contributed by atoms with Gasteiger partial charge < -0.3 is 5.73 Å². The van der Waals surface area contributed by atoms with Crippen molar-refractivity contribution in [1.82, 2.24) is 4.31 Å². The Morgan fingerprint density at radius 2 is 1.73 bits per heavy atom. The fourth-order valence-corrected chi connectivity index (χ4v) is 4.77. The van der Waals surface area contributed by atoms with Crippen molar-refractivity contribution >= 4 is 15.9 Å². The lowest BCUT2D eigenvalue weighted by molar-refractivity contribution is -0.137. The van der Waals surface area contributed by atoms with Gasteiger partial charge in [0.05, 0.1) is 11.3 Å². The summed E-state index contributed by atoms with van der Waals surface area (Å²) in [5, 5.41) is 0. The van der Waals surface area contributed by atoms with Crippen LogP contribution in [0, 0.1) is 5.82 Å². The Labute approximate surface area is 171 Å². The van der Waals surface area contributed by atoms with E-state index in [1.54, 1.807) is 0 Å². The molecule has 1 aliphatic carbocycles. The third-order valence-corrected chi connectivity index (χ3v) is 6.77. The number of carbonyl (C=O) groups is 1. The minimum Gasteiger partial charge on any atom is -0.366 e. The van der Waals surface area contributed by atoms with Crippen molar-refractivity contribution in [2.75, 3.05) is 5.75 Å². The second kappa shape index (κ2) is 8.35. The summed E-state index contributed by atoms with van der Waals surface area (Å²) in [5.74, 6) is -1.82. The molecule has 5 nitrogen and oxygen atoms in total. The molecule has 0 atom stereocenters. The lowest BCUT2D eigenvalue weighted by Crippen LogP contribution is -2.35. The second-order valence-corrected chi connectivity index (χ2v) is 9.25. The first-order chi connectivity index (χ1) is 14.0. The van der Waals surface area contributed by atoms with Gasteiger partial charge in [0, 0.05) is 23.7 Å². The molecule has 2 aromatic carbocycles. The highest BCUT2D eigenvalue weighted by molar-refractivity contribution is 7.89. The van der Waals surface area contributed by atoms with Crippen molar-refractivity contribution in [3.8, 4) is 0 Å². The Morgan fingerprint density at radius 1 is 1.10 bits per heavy atom. The van der Waals surface area contributed by atoms with Crippen LogP contribution in [0.2, 0.25) is 0 Å². The minimum absolute atomic E-state index is 0.0145. The van der Waals surface area contributed by atoms with Crippen LogP contribution in [0.15, 0.2) is 42.5 Å². The Morgan fingerprint density at radius 3 is 2.23 bits per heavy atom. The molecule has 1 saturated carbocycles. The molecule has 1 fully saturated rings. The Hall–Kier alpha value is -2.46. The van der Waals surface area contributed by atoms with Crippen LogP contribution in [0.3, 0.4) is 0 Å². The highest BCUT2D eigenvalue weighted by Gasteiger charge is 2.37. The van der Waals surface area contributed by atoms with Gasteiger partial charge >= 0.3 is 6.18 Å². The summed E-state index contributed by atoms with van der Waals surface area (Å²) in [7, 11) is -3.78. The fourth-order valence-electron chi connectivity index (χ4n) is 3.04. The molecule has 0 radical (unpaired) electrons. The maximum Gasteiger partial charge on any atom is 0.416 e. The van der Waals surface area contributed by atoms with E-state index in [-0.39, 0.29) is 35.9 Å². The minimum atomic E-state index is -4.46. The maximum atomic E-state index is 14.3. The van der Waals surface area contributed by atoms with Gasteiger partial charge in [-0.3, -0.25) is 4.79 Å². The SMILES string of the molecule is NC(=O)c1ccc(CN(C2CC2)S(=O)(=O)CCc2ccc(C(F)(F)F)cc2)c(F)c1. The topological polar surface area (TPSA) is 80.5 Å². The summed E-state index contributed by atoms with van der Waals surface area (Å²) < 4.78 is 79.2. The number of rotatable bonds is 8. The monoisotopic (exact) mass is 444 g/mol. The molecule has 2 N–H and O–H groups in total. The summed E-state index contributed by atoms with van der Waals surface area (Å²) >= 11 is 0. The molecule has 1 amide bonds. The normalized spacial score (nSPS) is 14.8. The standard InChI is InChI=1S/C20H20F4N2O3S/c21-18-11-14(19(25)27)3-4-15(18)12-26(17-7-8-17)30(28,29)10-9-13-1-5-16(6-2-13)20(22,23)24/h1-6,11,17H,7-10,12H2,(H2,25,27). The van der Waals surface area contributed by atoms with E-state index in [4.69, 9.17) is 5.73 Å². The number of nitrogens with two attached hydrogens (primary N) is 1. The van der Waals surface area contributed by atoms with Crippen molar-refractivity contribution in [3.63, 3.8) is 0 Å². The number of nitrogens with zero attached hydrogens (tertiary/aromatic N) is 1. The maximum absolute atomic E-state index is 14.3. The lowest BCUT2D eigenvalue weighted by atomic mass is 10.1. The third-order valence-electron chi connectivity index (χ3n) is 4.91. The molecule has 2 aromatic rings. The Kier molecular flexibility index (Phi) is 6.19. The first-order valence-corrected chi connectivity index (χ1v) is 10.8. The Balaban J connectivity index is 1.72. The van der Waals surface area contributed by atoms with E-state index in [1.165, 1.54) is 28.6 Å². The fraction of sp³-hybridized carbons (Fsp3) is 0.350. The van der Waals surface area contributed by atoms with Crippen LogP contribution >= 0.6 is 0 Å². The third kappa shape index (κ3) is 5.37. The van der Waals surface area contributed by atoms with Crippen LogP contribution in [0.1, 0.15) is 39.9 Å². The molecule has 0 spiro atoms. The second-order valence-electron chi connectivity index (χ2n) is 7.21. The van der Waals surface area contributed by atoms with Crippen molar-refractivity contribution in [2.24, 2.45) is 5.73 Å². The molecule has 0 heterocycles. The molecule has 0 saturated heterocycles. The van der Waals surface area contributed by atoms with Crippen LogP contribution in [-0.4, -0.2) is 30.4 Å². The van der Waals surface area contributed by atoms with E-state index in [0.717, 1.165) is 18.2 Å². The van der Waals surface area contributed by atoms with Crippen molar-refractivity contribution in [1.29, 1.82) is 0 Å². The van der Waals surface area contributed by atoms with E-state index in [9.17, 15) is 30.8 Å². The lowest BCUT2D eigenvalue weighted by Gasteiger charge is -2.22. The van der Waals surface area contributed by atoms with Gasteiger partial charge in [0.1, 0.15) is 5.82 Å². The van der Waals surface area contributed by atoms with E-state index in [2.05, 4.69) is 0 Å². The number of primary amides is 1. The first-order valence-electron chi connectivity index (χ1n) is 9.21. The van der Waals surface area contributed by atoms with Crippen LogP contribution in [0.25, 0.3) is 0 Å². The van der Waals surface area contributed by atoms with Gasteiger partial charge in [0.15, 0.2) is 0 Å². The molecule has 0 bridgehead atoms. The van der Waals surface area contributed by atoms with Gasteiger partial charge in [-0.15, -0.1) is 0 Å². The van der Waals surface area contributed by atoms with Crippen LogP contribution in [0.4, 0.5) is 17.6 Å². The largest absolute Gasteiger partial charge is 0.416 e. The molecule has 0 aromatic heterocycles. The van der Waals surface area contributed by atoms with Crippen LogP contribution in [-0.2, 0) is 29.2 Å². The number of hydrogen-bond donors (Lipinski definition) is 1. The van der Waals surface area contributed by atoms with E-state index in [1.807, 2.05) is 0 Å². The van der Waals surface area contributed by atoms with E-state index < -0.39 is 33.5 Å². The zero-order chi connectivity index (χ0) is 22.1. The Bertz CT molecular complexity index is 1030. The average Bonchev–Trinajstić information content (AvgIpc) is 3.49. The van der Waals surface area contributed by atoms with Gasteiger partial charge in [0.25, 0.3) is 0 Å². The zero-order valence-corrected chi connectivity index (χ0v) is 16.6. The molecular formula is C20H20F4N2O3S. The zero-order valence-electron chi connectivity index (χ0n) is 15.8. The van der Waals surface area contributed by atoms with Crippen molar-refractivity contribution in [2.45, 2.75) is 38.0 Å². The molecule has 1 aliphatic rings. The van der Waals surface area contributed by atoms with Crippen LogP contribution < -0.4 is 5.73 Å². The van der Waals surface area contributed by atoms with Gasteiger partial charge in [-0.25, -0.2) is 12.8 Å². The number of halogens is 4. The van der Waals surface area contributed by atoms with Gasteiger partial charge in [0.2, 0.25) is 15.9 Å². The number of sulfonamides is 1. The first kappa shape index (κ1) is 22.2. The highest BCUT2D eigenvalue weighted by atomic mass is 32.2. The summed E-state index contributed by atoms with van der Waals surface area (Å²) in [5.41, 5.74) is 4.87. The van der Waals surface area contributed by atoms with Gasteiger partial charge in [-0.05, 0) is 49.1 Å². The summed E-state index contributed by atoms with van der Waals surface area (Å²) in [4.78, 5) is 11.1. The van der Waals surface area contributed by atoms with Crippen LogP contribution in [0.5, 0.6) is 0 Å². The number of amides is 1. The molecule has 3 rings (SSSR count). The quantitative estimate of drug-likeness (QED) is 0.633. The molecule has 0 unspecified atom stereocenters. The van der Waals surface area contributed by atoms with E-state index >= 15 is 0 Å². The predicted molar refractivity (Wildman–Crippen MR) is 102 cm³/mol. The smallest absolute Gasteiger partial charge is 0.366 e. The number of hydrogen-bond acceptors (Lipinski definition) is 3. The number of alkyl halides is 3. The summed E-state index contributed by atoms with van der Waals surface area (Å²) in [6.45, 7) is -0.190. The molecule has 30 heavy (non-hydrogen) atoms. The van der Waals surface area contributed by atoms with Crippen molar-refractivity contribution < 1.29 is 30.8 Å². The van der Waals surface area contributed by atoms with Gasteiger partial charge in [-0.2, -0.15) is 17.5 Å². The molecule has 0 aliphatic heterocycles. The van der Waals surface area contributed by atoms with Crippen molar-refractivity contribution in [3.05, 3.63) is 70.5 Å². The molecular weight excluding hydrogens is 424 g/mol. The average molecular weight is 444 g/mol. The number of aryl methyl sites for hydroxylation is 1. The summed E-state index contributed by atoms with van der Waals surface area (Å²) in [6.07, 6.45) is -3.12. The molecule has 162 valence electrons. The number of carbonyl (C=O) groups excluding carboxylic acids is 1. The predicted octanol–water partition coefficient (Wildman–Crippen LogP) is 3.48.